The lowest BCUT2D eigenvalue weighted by Crippen LogP contribution is -3.09. The molecular formula is C22H25FN3O2+. The number of quaternary nitrogens is 1. The lowest BCUT2D eigenvalue weighted by molar-refractivity contribution is -0.892. The number of carbonyl (C=O) groups is 2. The van der Waals surface area contributed by atoms with Crippen LogP contribution in [0.5, 0.6) is 0 Å². The first-order valence-corrected chi connectivity index (χ1v) is 9.84. The fourth-order valence-corrected chi connectivity index (χ4v) is 4.18. The van der Waals surface area contributed by atoms with Crippen molar-refractivity contribution in [3.05, 3.63) is 59.4 Å². The van der Waals surface area contributed by atoms with Gasteiger partial charge >= 0.3 is 5.91 Å². The number of hydrogen-bond donors (Lipinski definition) is 1. The summed E-state index contributed by atoms with van der Waals surface area (Å²) in [7, 11) is 2.01. The molecule has 1 saturated heterocycles. The maximum Gasteiger partial charge on any atom is 0.303 e. The number of piperidine rings is 1. The zero-order chi connectivity index (χ0) is 19.7. The predicted molar refractivity (Wildman–Crippen MR) is 106 cm³/mol. The van der Waals surface area contributed by atoms with Crippen molar-refractivity contribution in [2.75, 3.05) is 36.6 Å². The molecule has 0 spiro atoms. The van der Waals surface area contributed by atoms with Gasteiger partial charge in [0.05, 0.1) is 18.3 Å². The van der Waals surface area contributed by atoms with Gasteiger partial charge in [0.2, 0.25) is 0 Å². The Morgan fingerprint density at radius 3 is 2.54 bits per heavy atom. The number of nitrogens with zero attached hydrogens (tertiary/aromatic N) is 2. The molecule has 1 amide bonds. The van der Waals surface area contributed by atoms with E-state index in [1.165, 1.54) is 47.5 Å². The van der Waals surface area contributed by atoms with Crippen LogP contribution < -0.4 is 14.7 Å². The zero-order valence-corrected chi connectivity index (χ0v) is 16.1. The summed E-state index contributed by atoms with van der Waals surface area (Å²) < 4.78 is 13.5. The summed E-state index contributed by atoms with van der Waals surface area (Å²) in [6.45, 7) is 3.25. The van der Waals surface area contributed by atoms with Crippen molar-refractivity contribution >= 4 is 23.1 Å². The topological polar surface area (TPSA) is 45.1 Å². The molecule has 4 rings (SSSR count). The molecule has 0 aromatic heterocycles. The zero-order valence-electron chi connectivity index (χ0n) is 16.1. The molecule has 0 bridgehead atoms. The minimum atomic E-state index is -0.629. The third kappa shape index (κ3) is 3.52. The molecule has 1 fully saturated rings. The molecule has 2 heterocycles. The highest BCUT2D eigenvalue weighted by molar-refractivity contribution is 6.52. The molecule has 1 N–H and O–H groups in total. The standard InChI is InChI=1S/C22H24FN3O2/c1-24(14-16-7-3-4-8-19(16)25-11-5-2-6-12-25)15-26-20-10-9-17(23)13-18(20)21(27)22(26)28/h3-4,7-10,13H,2,5-6,11-12,14-15H2,1H3/p+1. The summed E-state index contributed by atoms with van der Waals surface area (Å²) in [5, 5.41) is 0. The predicted octanol–water partition coefficient (Wildman–Crippen LogP) is 2.02. The Morgan fingerprint density at radius 1 is 1.00 bits per heavy atom. The van der Waals surface area contributed by atoms with Crippen LogP contribution in [0.25, 0.3) is 0 Å². The first-order valence-electron chi connectivity index (χ1n) is 9.84. The van der Waals surface area contributed by atoms with Gasteiger partial charge in [-0.3, -0.25) is 14.5 Å². The fraction of sp³-hybridized carbons (Fsp3) is 0.364. The molecule has 146 valence electrons. The van der Waals surface area contributed by atoms with Crippen molar-refractivity contribution in [1.29, 1.82) is 0 Å². The number of halogens is 1. The number of amides is 1. The van der Waals surface area contributed by atoms with Crippen molar-refractivity contribution in [1.82, 2.24) is 0 Å². The van der Waals surface area contributed by atoms with E-state index < -0.39 is 17.5 Å². The molecule has 6 heteroatoms. The van der Waals surface area contributed by atoms with Gasteiger partial charge in [0.1, 0.15) is 12.4 Å². The molecule has 0 aliphatic carbocycles. The number of carbonyl (C=O) groups excluding carboxylic acids is 2. The third-order valence-corrected chi connectivity index (χ3v) is 5.54. The third-order valence-electron chi connectivity index (χ3n) is 5.54. The van der Waals surface area contributed by atoms with E-state index in [4.69, 9.17) is 0 Å². The number of rotatable bonds is 5. The highest BCUT2D eigenvalue weighted by Crippen LogP contribution is 2.28. The molecule has 1 unspecified atom stereocenters. The maximum absolute atomic E-state index is 13.5. The molecular weight excluding hydrogens is 357 g/mol. The van der Waals surface area contributed by atoms with E-state index >= 15 is 0 Å². The van der Waals surface area contributed by atoms with Crippen LogP contribution in [0.4, 0.5) is 15.8 Å². The number of ketones is 1. The number of nitrogens with one attached hydrogen (secondary N) is 1. The quantitative estimate of drug-likeness (QED) is 0.805. The van der Waals surface area contributed by atoms with Crippen LogP contribution >= 0.6 is 0 Å². The van der Waals surface area contributed by atoms with Gasteiger partial charge in [-0.05, 0) is 43.5 Å². The Bertz CT molecular complexity index is 908. The highest BCUT2D eigenvalue weighted by Gasteiger charge is 2.37. The van der Waals surface area contributed by atoms with Gasteiger partial charge in [0.25, 0.3) is 5.78 Å². The lowest BCUT2D eigenvalue weighted by Gasteiger charge is -2.31. The second-order valence-corrected chi connectivity index (χ2v) is 7.69. The van der Waals surface area contributed by atoms with E-state index in [1.54, 1.807) is 0 Å². The van der Waals surface area contributed by atoms with Crippen LogP contribution in [0.1, 0.15) is 35.2 Å². The van der Waals surface area contributed by atoms with Crippen molar-refractivity contribution < 1.29 is 18.9 Å². The smallest absolute Gasteiger partial charge is 0.303 e. The second-order valence-electron chi connectivity index (χ2n) is 7.69. The van der Waals surface area contributed by atoms with E-state index in [-0.39, 0.29) is 5.56 Å². The molecule has 2 aromatic carbocycles. The molecule has 5 nitrogen and oxygen atoms in total. The molecule has 2 aliphatic rings. The average molecular weight is 382 g/mol. The molecule has 2 aromatic rings. The van der Waals surface area contributed by atoms with Crippen molar-refractivity contribution in [3.8, 4) is 0 Å². The normalized spacial score (nSPS) is 17.8. The van der Waals surface area contributed by atoms with Crippen molar-refractivity contribution in [2.45, 2.75) is 25.8 Å². The highest BCUT2D eigenvalue weighted by atomic mass is 19.1. The number of Topliss-reactive ketones (excluding diaryl/α,β-unsaturated/α-hetero) is 1. The average Bonchev–Trinajstić information content (AvgIpc) is 2.93. The van der Waals surface area contributed by atoms with Gasteiger partial charge in [0.15, 0.2) is 6.67 Å². The van der Waals surface area contributed by atoms with Crippen molar-refractivity contribution in [3.63, 3.8) is 0 Å². The van der Waals surface area contributed by atoms with Crippen molar-refractivity contribution in [2.24, 2.45) is 0 Å². The summed E-state index contributed by atoms with van der Waals surface area (Å²) in [6, 6.07) is 12.4. The van der Waals surface area contributed by atoms with E-state index in [0.717, 1.165) is 30.6 Å². The van der Waals surface area contributed by atoms with E-state index in [1.807, 2.05) is 13.1 Å². The van der Waals surface area contributed by atoms with Crippen LogP contribution in [-0.4, -0.2) is 38.5 Å². The molecule has 2 aliphatic heterocycles. The molecule has 28 heavy (non-hydrogen) atoms. The number of para-hydroxylation sites is 1. The number of fused-ring (bicyclic) bond motifs is 1. The Labute approximate surface area is 164 Å². The van der Waals surface area contributed by atoms with Gasteiger partial charge in [-0.15, -0.1) is 0 Å². The molecule has 0 radical (unpaired) electrons. The number of anilines is 2. The minimum Gasteiger partial charge on any atom is -0.371 e. The van der Waals surface area contributed by atoms with Crippen LogP contribution in [0.3, 0.4) is 0 Å². The van der Waals surface area contributed by atoms with E-state index in [2.05, 4.69) is 23.1 Å². The first kappa shape index (κ1) is 18.6. The Balaban J connectivity index is 1.51. The van der Waals surface area contributed by atoms with Crippen LogP contribution in [-0.2, 0) is 11.3 Å². The second kappa shape index (κ2) is 7.72. The number of hydrogen-bond acceptors (Lipinski definition) is 3. The van der Waals surface area contributed by atoms with Gasteiger partial charge in [-0.1, -0.05) is 18.2 Å². The summed E-state index contributed by atoms with van der Waals surface area (Å²) in [6.07, 6.45) is 3.72. The Hall–Kier alpha value is -2.73. The fourth-order valence-electron chi connectivity index (χ4n) is 4.18. The van der Waals surface area contributed by atoms with Crippen LogP contribution in [0, 0.1) is 5.82 Å². The minimum absolute atomic E-state index is 0.159. The summed E-state index contributed by atoms with van der Waals surface area (Å²) in [5.41, 5.74) is 3.15. The molecule has 0 saturated carbocycles. The van der Waals surface area contributed by atoms with Gasteiger partial charge < -0.3 is 9.80 Å². The van der Waals surface area contributed by atoms with Gasteiger partial charge in [-0.25, -0.2) is 4.39 Å². The SMILES string of the molecule is C[NH+](Cc1ccccc1N1CCCCC1)CN1C(=O)C(=O)c2cc(F)ccc21. The molecule has 1 atom stereocenters. The lowest BCUT2D eigenvalue weighted by atomic mass is 10.1. The first-order chi connectivity index (χ1) is 13.5. The van der Waals surface area contributed by atoms with Crippen LogP contribution in [0.15, 0.2) is 42.5 Å². The van der Waals surface area contributed by atoms with E-state index in [0.29, 0.717) is 12.4 Å². The maximum atomic E-state index is 13.5. The monoisotopic (exact) mass is 382 g/mol. The van der Waals surface area contributed by atoms with Crippen LogP contribution in [0.2, 0.25) is 0 Å². The Kier molecular flexibility index (Phi) is 5.13. The number of benzene rings is 2. The van der Waals surface area contributed by atoms with Gasteiger partial charge in [-0.2, -0.15) is 0 Å². The van der Waals surface area contributed by atoms with E-state index in [9.17, 15) is 14.0 Å². The Morgan fingerprint density at radius 2 is 1.75 bits per heavy atom. The largest absolute Gasteiger partial charge is 0.371 e. The van der Waals surface area contributed by atoms with Gasteiger partial charge in [0, 0.05) is 24.3 Å². The summed E-state index contributed by atoms with van der Waals surface area (Å²) in [4.78, 5) is 29.6. The summed E-state index contributed by atoms with van der Waals surface area (Å²) >= 11 is 0. The summed E-state index contributed by atoms with van der Waals surface area (Å²) in [5.74, 6) is -1.71.